The van der Waals surface area contributed by atoms with Crippen molar-refractivity contribution in [3.05, 3.63) is 48.0 Å². The van der Waals surface area contributed by atoms with E-state index in [9.17, 15) is 13.2 Å². The van der Waals surface area contributed by atoms with E-state index in [1.54, 1.807) is 25.1 Å². The summed E-state index contributed by atoms with van der Waals surface area (Å²) in [5.41, 5.74) is 1.84. The normalized spacial score (nSPS) is 12.3. The molecule has 27 heavy (non-hydrogen) atoms. The zero-order valence-corrected chi connectivity index (χ0v) is 17.6. The molecule has 146 valence electrons. The Morgan fingerprint density at radius 1 is 1.22 bits per heavy atom. The number of hydrogen-bond acceptors (Lipinski definition) is 5. The maximum atomic E-state index is 12.9. The van der Waals surface area contributed by atoms with Crippen molar-refractivity contribution >= 4 is 39.1 Å². The molecule has 0 saturated heterocycles. The Balaban J connectivity index is 2.43. The summed E-state index contributed by atoms with van der Waals surface area (Å²) in [6, 6.07) is 11.6. The van der Waals surface area contributed by atoms with Crippen LogP contribution in [0.1, 0.15) is 12.5 Å². The third-order valence-electron chi connectivity index (χ3n) is 4.03. The van der Waals surface area contributed by atoms with Gasteiger partial charge in [-0.25, -0.2) is 8.42 Å². The molecule has 0 aromatic heterocycles. The molecular weight excluding hydrogens is 384 g/mol. The number of sulfonamides is 1. The molecule has 8 heteroatoms. The highest BCUT2D eigenvalue weighted by atomic mass is 32.2. The number of anilines is 2. The predicted octanol–water partition coefficient (Wildman–Crippen LogP) is 3.52. The number of amides is 1. The highest BCUT2D eigenvalue weighted by Gasteiger charge is 2.31. The average molecular weight is 409 g/mol. The van der Waals surface area contributed by atoms with E-state index in [-0.39, 0.29) is 0 Å². The van der Waals surface area contributed by atoms with Gasteiger partial charge in [-0.15, -0.1) is 11.8 Å². The number of nitrogens with one attached hydrogen (secondary N) is 1. The zero-order chi connectivity index (χ0) is 20.2. The topological polar surface area (TPSA) is 75.7 Å². The molecule has 1 N–H and O–H groups in total. The number of nitrogens with zero attached hydrogens (tertiary/aromatic N) is 1. The van der Waals surface area contributed by atoms with Crippen LogP contribution in [0.5, 0.6) is 5.75 Å². The molecule has 1 atom stereocenters. The minimum absolute atomic E-state index is 0.334. The Morgan fingerprint density at radius 2 is 1.89 bits per heavy atom. The van der Waals surface area contributed by atoms with E-state index in [0.717, 1.165) is 21.0 Å². The lowest BCUT2D eigenvalue weighted by Crippen LogP contribution is -2.45. The fourth-order valence-corrected chi connectivity index (χ4v) is 4.46. The van der Waals surface area contributed by atoms with Gasteiger partial charge < -0.3 is 10.1 Å². The summed E-state index contributed by atoms with van der Waals surface area (Å²) in [6.07, 6.45) is 2.99. The number of para-hydroxylation sites is 1. The van der Waals surface area contributed by atoms with E-state index in [1.807, 2.05) is 37.4 Å². The average Bonchev–Trinajstić information content (AvgIpc) is 2.61. The van der Waals surface area contributed by atoms with E-state index in [2.05, 4.69) is 5.32 Å². The number of benzene rings is 2. The quantitative estimate of drug-likeness (QED) is 0.710. The Bertz CT molecular complexity index is 929. The smallest absolute Gasteiger partial charge is 0.248 e. The molecule has 6 nitrogen and oxygen atoms in total. The monoisotopic (exact) mass is 408 g/mol. The second-order valence-corrected chi connectivity index (χ2v) is 8.81. The highest BCUT2D eigenvalue weighted by Crippen LogP contribution is 2.33. The van der Waals surface area contributed by atoms with Gasteiger partial charge in [0.2, 0.25) is 15.9 Å². The van der Waals surface area contributed by atoms with Crippen LogP contribution in [0.3, 0.4) is 0 Å². The largest absolute Gasteiger partial charge is 0.495 e. The Kier molecular flexibility index (Phi) is 6.78. The van der Waals surface area contributed by atoms with E-state index in [4.69, 9.17) is 4.74 Å². The van der Waals surface area contributed by atoms with Crippen LogP contribution in [0, 0.1) is 6.92 Å². The molecule has 2 rings (SSSR count). The molecule has 0 spiro atoms. The third-order valence-corrected chi connectivity index (χ3v) is 6.05. The van der Waals surface area contributed by atoms with Gasteiger partial charge in [0.1, 0.15) is 11.8 Å². The molecule has 0 saturated carbocycles. The molecule has 1 unspecified atom stereocenters. The van der Waals surface area contributed by atoms with E-state index in [0.29, 0.717) is 17.1 Å². The fraction of sp³-hybridized carbons (Fsp3) is 0.316. The minimum atomic E-state index is -3.73. The van der Waals surface area contributed by atoms with Crippen LogP contribution in [0.2, 0.25) is 0 Å². The van der Waals surface area contributed by atoms with Crippen molar-refractivity contribution in [1.82, 2.24) is 0 Å². The van der Waals surface area contributed by atoms with Crippen LogP contribution in [0.15, 0.2) is 47.4 Å². The number of thioether (sulfide) groups is 1. The maximum Gasteiger partial charge on any atom is 0.248 e. The Morgan fingerprint density at radius 3 is 2.48 bits per heavy atom. The molecule has 0 bridgehead atoms. The number of carbonyl (C=O) groups is 1. The molecule has 1 amide bonds. The fourth-order valence-electron chi connectivity index (χ4n) is 2.74. The lowest BCUT2D eigenvalue weighted by Gasteiger charge is -2.29. The van der Waals surface area contributed by atoms with Gasteiger partial charge in [0.25, 0.3) is 0 Å². The van der Waals surface area contributed by atoms with Gasteiger partial charge in [-0.1, -0.05) is 18.2 Å². The number of carbonyl (C=O) groups excluding carboxylic acids is 1. The van der Waals surface area contributed by atoms with Crippen molar-refractivity contribution < 1.29 is 17.9 Å². The molecule has 0 aliphatic rings. The number of rotatable bonds is 7. The first-order chi connectivity index (χ1) is 12.7. The Labute approximate surface area is 165 Å². The molecule has 0 fully saturated rings. The van der Waals surface area contributed by atoms with Crippen molar-refractivity contribution in [2.45, 2.75) is 24.8 Å². The first-order valence-corrected chi connectivity index (χ1v) is 11.3. The lowest BCUT2D eigenvalue weighted by molar-refractivity contribution is -0.116. The van der Waals surface area contributed by atoms with Gasteiger partial charge in [0, 0.05) is 4.90 Å². The SMILES string of the molecule is COc1ccc(C)cc1N(C(C)C(=O)Nc1ccccc1SC)S(C)(=O)=O. The van der Waals surface area contributed by atoms with Gasteiger partial charge in [-0.3, -0.25) is 9.10 Å². The summed E-state index contributed by atoms with van der Waals surface area (Å²) in [4.78, 5) is 13.8. The van der Waals surface area contributed by atoms with Crippen molar-refractivity contribution in [2.24, 2.45) is 0 Å². The lowest BCUT2D eigenvalue weighted by atomic mass is 10.2. The van der Waals surface area contributed by atoms with Gasteiger partial charge in [-0.05, 0) is 49.9 Å². The molecular formula is C19H24N2O4S2. The van der Waals surface area contributed by atoms with Crippen LogP contribution in [0.4, 0.5) is 11.4 Å². The molecule has 0 heterocycles. The summed E-state index contributed by atoms with van der Waals surface area (Å²) < 4.78 is 31.5. The van der Waals surface area contributed by atoms with Crippen LogP contribution in [-0.4, -0.2) is 40.0 Å². The summed E-state index contributed by atoms with van der Waals surface area (Å²) >= 11 is 1.50. The predicted molar refractivity (Wildman–Crippen MR) is 111 cm³/mol. The highest BCUT2D eigenvalue weighted by molar-refractivity contribution is 7.98. The molecule has 0 aliphatic heterocycles. The number of methoxy groups -OCH3 is 1. The van der Waals surface area contributed by atoms with Gasteiger partial charge in [-0.2, -0.15) is 0 Å². The number of hydrogen-bond donors (Lipinski definition) is 1. The molecule has 0 radical (unpaired) electrons. The summed E-state index contributed by atoms with van der Waals surface area (Å²) in [5.74, 6) is -0.0410. The van der Waals surface area contributed by atoms with Gasteiger partial charge >= 0.3 is 0 Å². The number of aryl methyl sites for hydroxylation is 1. The van der Waals surface area contributed by atoms with Crippen molar-refractivity contribution in [2.75, 3.05) is 29.2 Å². The summed E-state index contributed by atoms with van der Waals surface area (Å²) in [6.45, 7) is 3.41. The van der Waals surface area contributed by atoms with E-state index in [1.165, 1.54) is 18.9 Å². The standard InChI is InChI=1S/C19H24N2O4S2/c1-13-10-11-17(25-3)16(12-13)21(27(5,23)24)14(2)19(22)20-15-8-6-7-9-18(15)26-4/h6-12,14H,1-5H3,(H,20,22). The maximum absolute atomic E-state index is 12.9. The van der Waals surface area contributed by atoms with Crippen LogP contribution in [-0.2, 0) is 14.8 Å². The van der Waals surface area contributed by atoms with E-state index >= 15 is 0 Å². The second-order valence-electron chi connectivity index (χ2n) is 6.10. The van der Waals surface area contributed by atoms with Gasteiger partial charge in [0.15, 0.2) is 0 Å². The minimum Gasteiger partial charge on any atom is -0.495 e. The third kappa shape index (κ3) is 4.95. The van der Waals surface area contributed by atoms with Crippen LogP contribution in [0.25, 0.3) is 0 Å². The van der Waals surface area contributed by atoms with Crippen molar-refractivity contribution in [3.63, 3.8) is 0 Å². The molecule has 2 aromatic rings. The van der Waals surface area contributed by atoms with Crippen molar-refractivity contribution in [3.8, 4) is 5.75 Å². The van der Waals surface area contributed by atoms with Crippen LogP contribution >= 0.6 is 11.8 Å². The first-order valence-electron chi connectivity index (χ1n) is 8.27. The first kappa shape index (κ1) is 21.1. The molecule has 2 aromatic carbocycles. The molecule has 0 aliphatic carbocycles. The van der Waals surface area contributed by atoms with E-state index < -0.39 is 22.0 Å². The summed E-state index contributed by atoms with van der Waals surface area (Å²) in [7, 11) is -2.27. The zero-order valence-electron chi connectivity index (χ0n) is 16.0. The second kappa shape index (κ2) is 8.67. The Hall–Kier alpha value is -2.19. The van der Waals surface area contributed by atoms with Crippen molar-refractivity contribution in [1.29, 1.82) is 0 Å². The van der Waals surface area contributed by atoms with Gasteiger partial charge in [0.05, 0.1) is 24.7 Å². The van der Waals surface area contributed by atoms with Crippen LogP contribution < -0.4 is 14.4 Å². The number of ether oxygens (including phenoxy) is 1. The summed E-state index contributed by atoms with van der Waals surface area (Å²) in [5, 5.41) is 2.83.